The van der Waals surface area contributed by atoms with E-state index in [4.69, 9.17) is 21.1 Å². The molecule has 0 radical (unpaired) electrons. The number of rotatable bonds is 20. The number of allylic oxidation sites excluding steroid dienone is 1. The van der Waals surface area contributed by atoms with Crippen LogP contribution in [0.2, 0.25) is 5.02 Å². The first-order chi connectivity index (χ1) is 41.4. The summed E-state index contributed by atoms with van der Waals surface area (Å²) in [7, 11) is -4.68. The van der Waals surface area contributed by atoms with Crippen molar-refractivity contribution in [3.8, 4) is 23.3 Å². The predicted octanol–water partition coefficient (Wildman–Crippen LogP) is 8.63. The summed E-state index contributed by atoms with van der Waals surface area (Å²) in [6.45, 7) is 9.95. The largest absolute Gasteiger partial charge is 0.455 e. The Morgan fingerprint density at radius 1 is 0.977 bits per heavy atom. The van der Waals surface area contributed by atoms with Crippen LogP contribution in [0.5, 0.6) is 11.5 Å². The number of aromatic nitrogens is 5. The van der Waals surface area contributed by atoms with Crippen molar-refractivity contribution >= 4 is 78.9 Å². The lowest BCUT2D eigenvalue weighted by molar-refractivity contribution is -0.384. The number of amides is 4. The molecule has 4 amide bonds. The van der Waals surface area contributed by atoms with Gasteiger partial charge in [-0.1, -0.05) is 66.3 Å². The zero-order chi connectivity index (χ0) is 60.1. The van der Waals surface area contributed by atoms with Gasteiger partial charge in [-0.25, -0.2) is 18.1 Å². The van der Waals surface area contributed by atoms with Gasteiger partial charge in [-0.3, -0.25) is 44.2 Å². The highest BCUT2D eigenvalue weighted by Crippen LogP contribution is 2.44. The second-order valence-corrected chi connectivity index (χ2v) is 24.6. The average Bonchev–Trinajstić information content (AvgIpc) is 2.53. The number of ether oxygens (including phenoxy) is 2. The lowest BCUT2D eigenvalue weighted by Gasteiger charge is -2.39. The quantitative estimate of drug-likeness (QED) is 0.0183. The van der Waals surface area contributed by atoms with E-state index in [1.54, 1.807) is 47.4 Å². The van der Waals surface area contributed by atoms with Crippen molar-refractivity contribution in [2.24, 2.45) is 5.41 Å². The van der Waals surface area contributed by atoms with Crippen LogP contribution in [0, 0.1) is 27.4 Å². The Morgan fingerprint density at radius 3 is 2.60 bits per heavy atom. The van der Waals surface area contributed by atoms with Gasteiger partial charge in [-0.2, -0.15) is 0 Å². The Labute approximate surface area is 501 Å². The molecule has 3 aromatic heterocycles. The lowest BCUT2D eigenvalue weighted by Crippen LogP contribution is -2.52. The molecule has 1 atom stereocenters. The number of nitrogens with zero attached hydrogens (tertiary/aromatic N) is 8. The molecule has 2 fully saturated rings. The van der Waals surface area contributed by atoms with E-state index in [0.29, 0.717) is 78.9 Å². The Balaban J connectivity index is 0.682. The number of halogens is 1. The van der Waals surface area contributed by atoms with E-state index in [2.05, 4.69) is 83.3 Å². The number of aryl methyl sites for hydroxylation is 1. The number of sulfonamides is 1. The minimum atomic E-state index is -4.68. The number of anilines is 2. The van der Waals surface area contributed by atoms with E-state index in [0.717, 1.165) is 61.6 Å². The number of nitrogens with one attached hydrogen (secondary N) is 4. The molecule has 6 heterocycles. The standard InChI is InChI=1S/C62H63ClN12O10S/c1-62(2)22-20-43(51(34-62)41-10-12-44(63)13-11-41)37-71-25-27-72(28-26-71)46-14-16-50(56(32-46)85-47-31-42-21-23-64-58(42)66-36-47)59(77)69-86(82,83)48-15-17-53(55(33-48)75(80)81)65-35-45-38-73(70-68-45)24-6-30-84-29-4-3-7-40-8-5-9-49-52(40)39-74(61(49)79)54-18-19-57(76)67-60(54)78/h5,8-17,21,23,31-33,36,38,54,65H,4,6,18-20,22,24-30,34-35,37,39H2,1-2H3,(H,64,66)(H,69,77)(H,67,76,78). The molecule has 24 heteroatoms. The number of carbonyl (C=O) groups excluding carboxylic acids is 4. The number of nitro benzene ring substituents is 1. The van der Waals surface area contributed by atoms with Gasteiger partial charge < -0.3 is 29.6 Å². The number of aromatic amines is 1. The van der Waals surface area contributed by atoms with E-state index in [-0.39, 0.29) is 60.2 Å². The molecule has 0 spiro atoms. The maximum absolute atomic E-state index is 14.1. The van der Waals surface area contributed by atoms with Crippen LogP contribution in [0.3, 0.4) is 0 Å². The fourth-order valence-electron chi connectivity index (χ4n) is 11.3. The topological polar surface area (TPSA) is 269 Å². The normalized spacial score (nSPS) is 17.1. The van der Waals surface area contributed by atoms with Gasteiger partial charge >= 0.3 is 0 Å². The fraction of sp³-hybridized carbons (Fsp3) is 0.339. The SMILES string of the molecule is CC1(C)CCC(CN2CCN(c3ccc(C(=O)NS(=O)(=O)c4ccc(NCc5cn(CCCOCCC#Cc6cccc7c6CN(C6CCC(=O)NC6=O)C7=O)nn5)c([N+](=O)[O-])c4)c(Oc4cnc5[nH]ccc5c4)c3)CC2)=C(c2ccc(Cl)cc2)C1. The predicted molar refractivity (Wildman–Crippen MR) is 322 cm³/mol. The molecule has 1 aliphatic carbocycles. The number of H-pyrrole nitrogens is 1. The van der Waals surface area contributed by atoms with Crippen LogP contribution in [-0.4, -0.2) is 124 Å². The molecule has 444 valence electrons. The third-order valence-corrected chi connectivity index (χ3v) is 17.5. The van der Waals surface area contributed by atoms with Gasteiger partial charge in [0.15, 0.2) is 0 Å². The molecule has 11 rings (SSSR count). The van der Waals surface area contributed by atoms with Crippen LogP contribution >= 0.6 is 11.6 Å². The summed E-state index contributed by atoms with van der Waals surface area (Å²) in [5, 5.41) is 27.5. The van der Waals surface area contributed by atoms with E-state index < -0.39 is 43.4 Å². The summed E-state index contributed by atoms with van der Waals surface area (Å²) in [4.78, 5) is 76.2. The molecule has 4 aliphatic rings. The number of hydrogen-bond donors (Lipinski definition) is 4. The number of imide groups is 1. The summed E-state index contributed by atoms with van der Waals surface area (Å²) in [6.07, 6.45) is 9.54. The van der Waals surface area contributed by atoms with Crippen LogP contribution in [0.1, 0.15) is 102 Å². The summed E-state index contributed by atoms with van der Waals surface area (Å²) in [5.41, 5.74) is 7.45. The minimum absolute atomic E-state index is 0.0172. The number of hydrogen-bond acceptors (Lipinski definition) is 16. The van der Waals surface area contributed by atoms with Gasteiger partial charge in [0, 0.05) is 111 Å². The van der Waals surface area contributed by atoms with E-state index >= 15 is 0 Å². The molecule has 3 aliphatic heterocycles. The highest BCUT2D eigenvalue weighted by molar-refractivity contribution is 7.90. The molecule has 4 aromatic carbocycles. The smallest absolute Gasteiger partial charge is 0.293 e. The van der Waals surface area contributed by atoms with Gasteiger partial charge in [0.25, 0.3) is 27.5 Å². The molecule has 7 aromatic rings. The van der Waals surface area contributed by atoms with Crippen molar-refractivity contribution in [3.63, 3.8) is 0 Å². The number of nitro groups is 1. The van der Waals surface area contributed by atoms with E-state index in [1.165, 1.54) is 46.0 Å². The van der Waals surface area contributed by atoms with Crippen molar-refractivity contribution in [3.05, 3.63) is 164 Å². The third-order valence-electron chi connectivity index (χ3n) is 15.9. The minimum Gasteiger partial charge on any atom is -0.455 e. The van der Waals surface area contributed by atoms with Crippen LogP contribution in [0.4, 0.5) is 17.1 Å². The second kappa shape index (κ2) is 25.3. The van der Waals surface area contributed by atoms with E-state index in [1.807, 2.05) is 24.3 Å². The number of piperidine rings is 1. The molecular weight excluding hydrogens is 1140 g/mol. The third kappa shape index (κ3) is 13.6. The molecule has 2 saturated heterocycles. The van der Waals surface area contributed by atoms with Gasteiger partial charge in [-0.05, 0) is 115 Å². The second-order valence-electron chi connectivity index (χ2n) is 22.5. The van der Waals surface area contributed by atoms with Crippen molar-refractivity contribution in [1.29, 1.82) is 0 Å². The Hall–Kier alpha value is -8.95. The highest BCUT2D eigenvalue weighted by Gasteiger charge is 2.40. The number of piperazine rings is 1. The van der Waals surface area contributed by atoms with E-state index in [9.17, 15) is 37.7 Å². The first kappa shape index (κ1) is 58.8. The molecule has 4 N–H and O–H groups in total. The summed E-state index contributed by atoms with van der Waals surface area (Å²) in [5.74, 6) is 4.56. The van der Waals surface area contributed by atoms with Gasteiger partial charge in [-0.15, -0.1) is 5.10 Å². The molecule has 22 nitrogen and oxygen atoms in total. The first-order valence-electron chi connectivity index (χ1n) is 28.4. The number of fused-ring (bicyclic) bond motifs is 2. The van der Waals surface area contributed by atoms with Gasteiger partial charge in [0.1, 0.15) is 34.6 Å². The highest BCUT2D eigenvalue weighted by atomic mass is 35.5. The Kier molecular flexibility index (Phi) is 17.3. The number of carbonyl (C=O) groups is 4. The Bertz CT molecular complexity index is 3990. The van der Waals surface area contributed by atoms with Crippen molar-refractivity contribution < 1.29 is 42.0 Å². The van der Waals surface area contributed by atoms with Crippen LogP contribution in [0.25, 0.3) is 16.6 Å². The van der Waals surface area contributed by atoms with Crippen LogP contribution in [-0.2, 0) is 44.0 Å². The van der Waals surface area contributed by atoms with Crippen molar-refractivity contribution in [1.82, 2.24) is 44.8 Å². The molecule has 0 saturated carbocycles. The zero-order valence-electron chi connectivity index (χ0n) is 47.4. The summed E-state index contributed by atoms with van der Waals surface area (Å²) >= 11 is 6.27. The first-order valence-corrected chi connectivity index (χ1v) is 30.3. The van der Waals surface area contributed by atoms with Gasteiger partial charge in [0.05, 0.1) is 40.9 Å². The molecule has 1 unspecified atom stereocenters. The lowest BCUT2D eigenvalue weighted by atomic mass is 9.72. The summed E-state index contributed by atoms with van der Waals surface area (Å²) in [6, 6.07) is 24.6. The molecular formula is C62H63ClN12O10S. The van der Waals surface area contributed by atoms with Crippen LogP contribution < -0.4 is 25.0 Å². The van der Waals surface area contributed by atoms with Crippen molar-refractivity contribution in [2.45, 2.75) is 89.4 Å². The average molecular weight is 1200 g/mol. The number of benzene rings is 4. The Morgan fingerprint density at radius 2 is 1.80 bits per heavy atom. The maximum atomic E-state index is 14.1. The van der Waals surface area contributed by atoms with Crippen molar-refractivity contribution in [2.75, 3.05) is 56.2 Å². The summed E-state index contributed by atoms with van der Waals surface area (Å²) < 4.78 is 43.7. The zero-order valence-corrected chi connectivity index (χ0v) is 49.0. The molecule has 0 bridgehead atoms. The van der Waals surface area contributed by atoms with Gasteiger partial charge in [0.2, 0.25) is 11.8 Å². The fourth-order valence-corrected chi connectivity index (χ4v) is 12.4. The monoisotopic (exact) mass is 1200 g/mol. The van der Waals surface area contributed by atoms with Crippen LogP contribution in [0.15, 0.2) is 120 Å². The maximum Gasteiger partial charge on any atom is 0.293 e. The molecule has 86 heavy (non-hydrogen) atoms. The number of pyridine rings is 1.